The third kappa shape index (κ3) is 2.71. The van der Waals surface area contributed by atoms with Crippen molar-refractivity contribution in [2.75, 3.05) is 6.61 Å². The van der Waals surface area contributed by atoms with E-state index in [1.54, 1.807) is 12.3 Å². The van der Waals surface area contributed by atoms with Crippen molar-refractivity contribution in [3.05, 3.63) is 41.9 Å². The molecule has 1 aliphatic rings. The van der Waals surface area contributed by atoms with Gasteiger partial charge in [0.1, 0.15) is 17.7 Å². The summed E-state index contributed by atoms with van der Waals surface area (Å²) in [6.45, 7) is 2.60. The molecule has 3 heterocycles. The van der Waals surface area contributed by atoms with Crippen LogP contribution in [0.5, 0.6) is 0 Å². The number of carbonyl (C=O) groups is 1. The fraction of sp³-hybridized carbons (Fsp3) is 0.467. The van der Waals surface area contributed by atoms with Crippen LogP contribution in [0.3, 0.4) is 0 Å². The van der Waals surface area contributed by atoms with Gasteiger partial charge in [-0.3, -0.25) is 4.79 Å². The Balaban J connectivity index is 1.71. The number of hydrogen-bond donors (Lipinski definition) is 1. The van der Waals surface area contributed by atoms with Gasteiger partial charge in [0, 0.05) is 32.5 Å². The number of amides is 1. The highest BCUT2D eigenvalue weighted by Gasteiger charge is 2.34. The topological polar surface area (TPSA) is 69.3 Å². The van der Waals surface area contributed by atoms with Gasteiger partial charge < -0.3 is 19.0 Å². The van der Waals surface area contributed by atoms with Crippen LogP contribution in [-0.4, -0.2) is 28.1 Å². The quantitative estimate of drug-likeness (QED) is 0.932. The maximum absolute atomic E-state index is 12.2. The zero-order chi connectivity index (χ0) is 14.8. The van der Waals surface area contributed by atoms with Crippen molar-refractivity contribution in [1.29, 1.82) is 0 Å². The van der Waals surface area contributed by atoms with Crippen molar-refractivity contribution >= 4 is 5.91 Å². The molecule has 6 nitrogen and oxygen atoms in total. The van der Waals surface area contributed by atoms with Crippen molar-refractivity contribution in [2.45, 2.75) is 31.9 Å². The van der Waals surface area contributed by atoms with Crippen LogP contribution < -0.4 is 5.32 Å². The van der Waals surface area contributed by atoms with Gasteiger partial charge in [-0.2, -0.15) is 0 Å². The van der Waals surface area contributed by atoms with Gasteiger partial charge >= 0.3 is 0 Å². The molecule has 0 radical (unpaired) electrons. The minimum atomic E-state index is -0.213. The van der Waals surface area contributed by atoms with E-state index >= 15 is 0 Å². The molecule has 1 saturated heterocycles. The Hall–Kier alpha value is -2.08. The maximum Gasteiger partial charge on any atom is 0.287 e. The summed E-state index contributed by atoms with van der Waals surface area (Å²) < 4.78 is 13.1. The summed E-state index contributed by atoms with van der Waals surface area (Å²) in [6.07, 6.45) is 4.93. The molecule has 2 atom stereocenters. The number of imidazole rings is 1. The zero-order valence-corrected chi connectivity index (χ0v) is 12.2. The summed E-state index contributed by atoms with van der Waals surface area (Å²) in [6, 6.07) is 3.45. The number of aromatic nitrogens is 2. The Labute approximate surface area is 123 Å². The summed E-state index contributed by atoms with van der Waals surface area (Å²) in [5.41, 5.74) is 0. The van der Waals surface area contributed by atoms with E-state index in [-0.39, 0.29) is 18.1 Å². The predicted octanol–water partition coefficient (Wildman–Crippen LogP) is 1.84. The normalized spacial score (nSPS) is 21.6. The zero-order valence-electron chi connectivity index (χ0n) is 12.2. The third-order valence-electron chi connectivity index (χ3n) is 3.76. The molecular weight excluding hydrogens is 270 g/mol. The molecule has 21 heavy (non-hydrogen) atoms. The fourth-order valence-electron chi connectivity index (χ4n) is 2.57. The van der Waals surface area contributed by atoms with Gasteiger partial charge in [0.25, 0.3) is 5.91 Å². The molecule has 0 unspecified atom stereocenters. The first-order valence-corrected chi connectivity index (χ1v) is 7.17. The van der Waals surface area contributed by atoms with Crippen LogP contribution in [0.4, 0.5) is 0 Å². The van der Waals surface area contributed by atoms with E-state index in [9.17, 15) is 4.79 Å². The molecule has 0 aliphatic carbocycles. The molecule has 1 amide bonds. The lowest BCUT2D eigenvalue weighted by Gasteiger charge is -2.19. The molecule has 1 N–H and O–H groups in total. The highest BCUT2D eigenvalue weighted by molar-refractivity contribution is 5.91. The second-order valence-electron chi connectivity index (χ2n) is 5.18. The number of carbonyl (C=O) groups excluding carboxylic acids is 1. The maximum atomic E-state index is 12.2. The average molecular weight is 289 g/mol. The molecule has 0 spiro atoms. The second kappa shape index (κ2) is 5.73. The Morgan fingerprint density at radius 2 is 2.38 bits per heavy atom. The minimum absolute atomic E-state index is 0.0891. The summed E-state index contributed by atoms with van der Waals surface area (Å²) in [4.78, 5) is 16.6. The number of furan rings is 1. The van der Waals surface area contributed by atoms with E-state index < -0.39 is 0 Å². The molecule has 112 valence electrons. The highest BCUT2D eigenvalue weighted by atomic mass is 16.5. The van der Waals surface area contributed by atoms with E-state index in [4.69, 9.17) is 9.15 Å². The van der Waals surface area contributed by atoms with Crippen LogP contribution >= 0.6 is 0 Å². The minimum Gasteiger partial charge on any atom is -0.456 e. The summed E-state index contributed by atoms with van der Waals surface area (Å²) >= 11 is 0. The van der Waals surface area contributed by atoms with Crippen molar-refractivity contribution in [1.82, 2.24) is 14.9 Å². The summed E-state index contributed by atoms with van der Waals surface area (Å²) in [7, 11) is 1.92. The van der Waals surface area contributed by atoms with E-state index in [0.29, 0.717) is 12.4 Å². The highest BCUT2D eigenvalue weighted by Crippen LogP contribution is 2.28. The van der Waals surface area contributed by atoms with Crippen molar-refractivity contribution in [2.24, 2.45) is 7.05 Å². The van der Waals surface area contributed by atoms with Crippen LogP contribution in [0.2, 0.25) is 0 Å². The Kier molecular flexibility index (Phi) is 3.79. The van der Waals surface area contributed by atoms with Crippen LogP contribution in [0.15, 0.2) is 28.9 Å². The molecule has 2 aromatic rings. The standard InChI is InChI=1S/C15H19N3O3/c1-3-10-4-5-12(21-10)15(19)17-11-6-9-20-13(11)14-16-7-8-18(14)2/h4-5,7-8,11,13H,3,6,9H2,1-2H3,(H,17,19)/t11-,13-/m0/s1. The predicted molar refractivity (Wildman–Crippen MR) is 75.9 cm³/mol. The largest absolute Gasteiger partial charge is 0.456 e. The number of hydrogen-bond acceptors (Lipinski definition) is 4. The number of nitrogens with one attached hydrogen (secondary N) is 1. The lowest BCUT2D eigenvalue weighted by Crippen LogP contribution is -2.37. The molecule has 1 fully saturated rings. The molecule has 6 heteroatoms. The number of aryl methyl sites for hydroxylation is 2. The first-order chi connectivity index (χ1) is 10.2. The first kappa shape index (κ1) is 13.9. The van der Waals surface area contributed by atoms with Crippen molar-refractivity contribution < 1.29 is 13.9 Å². The fourth-order valence-corrected chi connectivity index (χ4v) is 2.57. The molecule has 1 aliphatic heterocycles. The molecule has 2 aromatic heterocycles. The number of nitrogens with zero attached hydrogens (tertiary/aromatic N) is 2. The molecular formula is C15H19N3O3. The van der Waals surface area contributed by atoms with Gasteiger partial charge in [0.15, 0.2) is 5.76 Å². The second-order valence-corrected chi connectivity index (χ2v) is 5.18. The van der Waals surface area contributed by atoms with Gasteiger partial charge in [-0.25, -0.2) is 4.98 Å². The van der Waals surface area contributed by atoms with E-state index in [0.717, 1.165) is 24.4 Å². The monoisotopic (exact) mass is 289 g/mol. The number of rotatable bonds is 4. The van der Waals surface area contributed by atoms with Crippen molar-refractivity contribution in [3.63, 3.8) is 0 Å². The van der Waals surface area contributed by atoms with E-state index in [1.807, 2.05) is 30.8 Å². The van der Waals surface area contributed by atoms with E-state index in [2.05, 4.69) is 10.3 Å². The Morgan fingerprint density at radius 1 is 1.52 bits per heavy atom. The molecule has 3 rings (SSSR count). The lowest BCUT2D eigenvalue weighted by molar-refractivity contribution is 0.0762. The van der Waals surface area contributed by atoms with Crippen LogP contribution in [0, 0.1) is 0 Å². The Morgan fingerprint density at radius 3 is 3.05 bits per heavy atom. The van der Waals surface area contributed by atoms with Gasteiger partial charge in [-0.05, 0) is 18.6 Å². The van der Waals surface area contributed by atoms with Crippen LogP contribution in [0.1, 0.15) is 41.6 Å². The number of ether oxygens (including phenoxy) is 1. The van der Waals surface area contributed by atoms with Gasteiger partial charge in [0.2, 0.25) is 0 Å². The van der Waals surface area contributed by atoms with Crippen molar-refractivity contribution in [3.8, 4) is 0 Å². The van der Waals surface area contributed by atoms with Gasteiger partial charge in [-0.15, -0.1) is 0 Å². The average Bonchev–Trinajstić information content (AvgIpc) is 3.18. The summed E-state index contributed by atoms with van der Waals surface area (Å²) in [5, 5.41) is 2.99. The first-order valence-electron chi connectivity index (χ1n) is 7.17. The Bertz CT molecular complexity index is 632. The van der Waals surface area contributed by atoms with Gasteiger partial charge in [-0.1, -0.05) is 6.92 Å². The molecule has 0 aromatic carbocycles. The SMILES string of the molecule is CCc1ccc(C(=O)N[C@H]2CCO[C@@H]2c2nccn2C)o1. The third-order valence-corrected chi connectivity index (χ3v) is 3.76. The molecule has 0 bridgehead atoms. The van der Waals surface area contributed by atoms with Crippen LogP contribution in [-0.2, 0) is 18.2 Å². The molecule has 0 saturated carbocycles. The smallest absolute Gasteiger partial charge is 0.287 e. The lowest BCUT2D eigenvalue weighted by atomic mass is 10.1. The van der Waals surface area contributed by atoms with E-state index in [1.165, 1.54) is 0 Å². The van der Waals surface area contributed by atoms with Crippen LogP contribution in [0.25, 0.3) is 0 Å². The summed E-state index contributed by atoms with van der Waals surface area (Å²) in [5.74, 6) is 1.77. The van der Waals surface area contributed by atoms with Gasteiger partial charge in [0.05, 0.1) is 6.04 Å².